The molecule has 0 radical (unpaired) electrons. The average molecular weight is 243 g/mol. The molecule has 5 heteroatoms. The van der Waals surface area contributed by atoms with Crippen molar-refractivity contribution in [3.63, 3.8) is 0 Å². The van der Waals surface area contributed by atoms with Crippen LogP contribution in [-0.2, 0) is 14.3 Å². The number of aliphatic hydroxyl groups excluding tert-OH is 1. The summed E-state index contributed by atoms with van der Waals surface area (Å²) >= 11 is 0. The Balaban J connectivity index is 5.13. The first-order valence-electron chi connectivity index (χ1n) is 5.70. The molecule has 1 amide bonds. The number of nitrogens with one attached hydrogen (secondary N) is 1. The highest BCUT2D eigenvalue weighted by Crippen LogP contribution is 2.31. The molecular formula is C12H21NO4. The summed E-state index contributed by atoms with van der Waals surface area (Å²) < 4.78 is 4.95. The summed E-state index contributed by atoms with van der Waals surface area (Å²) in [6.45, 7) is 5.39. The Hall–Kier alpha value is -1.36. The molecule has 98 valence electrons. The largest absolute Gasteiger partial charge is 0.465 e. The number of esters is 1. The van der Waals surface area contributed by atoms with Crippen LogP contribution in [0, 0.1) is 5.41 Å². The Morgan fingerprint density at radius 1 is 1.53 bits per heavy atom. The standard InChI is InChI=1S/C12H21NO4/c1-4-7-12(8-6-9-14,10(15)13-3)11(16)17-5-2/h4,14H,1,5-9H2,2-3H3,(H,13,15)/t12-/m1/s1. The highest BCUT2D eigenvalue weighted by molar-refractivity contribution is 6.02. The summed E-state index contributed by atoms with van der Waals surface area (Å²) in [4.78, 5) is 23.9. The predicted octanol–water partition coefficient (Wildman–Crippen LogP) is 0.630. The van der Waals surface area contributed by atoms with Gasteiger partial charge in [-0.25, -0.2) is 0 Å². The van der Waals surface area contributed by atoms with Gasteiger partial charge in [-0.15, -0.1) is 6.58 Å². The monoisotopic (exact) mass is 243 g/mol. The van der Waals surface area contributed by atoms with Crippen LogP contribution in [0.1, 0.15) is 26.2 Å². The molecule has 5 nitrogen and oxygen atoms in total. The molecule has 0 aromatic carbocycles. The van der Waals surface area contributed by atoms with Gasteiger partial charge in [0.15, 0.2) is 0 Å². The Morgan fingerprint density at radius 2 is 2.18 bits per heavy atom. The highest BCUT2D eigenvalue weighted by atomic mass is 16.5. The smallest absolute Gasteiger partial charge is 0.321 e. The first kappa shape index (κ1) is 15.6. The Bertz CT molecular complexity index is 278. The Kier molecular flexibility index (Phi) is 7.21. The molecule has 17 heavy (non-hydrogen) atoms. The molecule has 0 bridgehead atoms. The molecule has 0 aliphatic heterocycles. The van der Waals surface area contributed by atoms with Gasteiger partial charge < -0.3 is 15.2 Å². The van der Waals surface area contributed by atoms with Gasteiger partial charge in [0.2, 0.25) is 5.91 Å². The summed E-state index contributed by atoms with van der Waals surface area (Å²) in [7, 11) is 1.47. The van der Waals surface area contributed by atoms with Crippen LogP contribution in [-0.4, -0.2) is 37.2 Å². The lowest BCUT2D eigenvalue weighted by Crippen LogP contribution is -2.46. The van der Waals surface area contributed by atoms with Gasteiger partial charge in [0.05, 0.1) is 6.61 Å². The third kappa shape index (κ3) is 3.85. The number of aliphatic hydroxyl groups is 1. The normalized spacial score (nSPS) is 13.6. The van der Waals surface area contributed by atoms with E-state index in [9.17, 15) is 9.59 Å². The van der Waals surface area contributed by atoms with Crippen LogP contribution in [0.25, 0.3) is 0 Å². The number of carbonyl (C=O) groups excluding carboxylic acids is 2. The van der Waals surface area contributed by atoms with Gasteiger partial charge in [0.1, 0.15) is 5.41 Å². The zero-order valence-electron chi connectivity index (χ0n) is 10.5. The van der Waals surface area contributed by atoms with Gasteiger partial charge in [-0.3, -0.25) is 9.59 Å². The third-order valence-electron chi connectivity index (χ3n) is 2.58. The minimum atomic E-state index is -1.27. The number of rotatable bonds is 8. The molecule has 0 fully saturated rings. The molecule has 0 heterocycles. The molecule has 0 aliphatic carbocycles. The number of allylic oxidation sites excluding steroid dienone is 1. The number of hydrogen-bond acceptors (Lipinski definition) is 4. The topological polar surface area (TPSA) is 75.6 Å². The van der Waals surface area contributed by atoms with E-state index in [2.05, 4.69) is 11.9 Å². The maximum Gasteiger partial charge on any atom is 0.321 e. The second-order valence-electron chi connectivity index (χ2n) is 3.70. The van der Waals surface area contributed by atoms with Gasteiger partial charge in [-0.1, -0.05) is 6.08 Å². The minimum Gasteiger partial charge on any atom is -0.465 e. The van der Waals surface area contributed by atoms with E-state index in [-0.39, 0.29) is 26.1 Å². The first-order valence-corrected chi connectivity index (χ1v) is 5.70. The van der Waals surface area contributed by atoms with Crippen LogP contribution < -0.4 is 5.32 Å². The molecule has 0 aromatic heterocycles. The van der Waals surface area contributed by atoms with E-state index in [1.165, 1.54) is 13.1 Å². The number of amides is 1. The van der Waals surface area contributed by atoms with Crippen LogP contribution in [0.15, 0.2) is 12.7 Å². The van der Waals surface area contributed by atoms with E-state index in [1.54, 1.807) is 6.92 Å². The number of hydrogen-bond donors (Lipinski definition) is 2. The zero-order chi connectivity index (χ0) is 13.3. The van der Waals surface area contributed by atoms with Crippen LogP contribution in [0.2, 0.25) is 0 Å². The van der Waals surface area contributed by atoms with Crippen molar-refractivity contribution < 1.29 is 19.4 Å². The van der Waals surface area contributed by atoms with Crippen LogP contribution in [0.5, 0.6) is 0 Å². The first-order chi connectivity index (χ1) is 8.08. The summed E-state index contributed by atoms with van der Waals surface area (Å²) in [5.74, 6) is -0.961. The summed E-state index contributed by atoms with van der Waals surface area (Å²) in [5.41, 5.74) is -1.27. The molecule has 0 rings (SSSR count). The lowest BCUT2D eigenvalue weighted by atomic mass is 9.79. The van der Waals surface area contributed by atoms with E-state index in [0.717, 1.165) is 0 Å². The fourth-order valence-electron chi connectivity index (χ4n) is 1.72. The fourth-order valence-corrected chi connectivity index (χ4v) is 1.72. The minimum absolute atomic E-state index is 0.0741. The molecule has 0 saturated carbocycles. The summed E-state index contributed by atoms with van der Waals surface area (Å²) in [6, 6.07) is 0. The SMILES string of the molecule is C=CC[C@@](CCCO)(C(=O)NC)C(=O)OCC. The van der Waals surface area contributed by atoms with Crippen molar-refractivity contribution in [2.75, 3.05) is 20.3 Å². The molecule has 0 aromatic rings. The van der Waals surface area contributed by atoms with Crippen LogP contribution in [0.4, 0.5) is 0 Å². The van der Waals surface area contributed by atoms with Gasteiger partial charge in [0, 0.05) is 13.7 Å². The van der Waals surface area contributed by atoms with Crippen molar-refractivity contribution in [3.8, 4) is 0 Å². The van der Waals surface area contributed by atoms with Gasteiger partial charge in [0.25, 0.3) is 0 Å². The predicted molar refractivity (Wildman–Crippen MR) is 64.3 cm³/mol. The Labute approximate surface area is 102 Å². The second-order valence-corrected chi connectivity index (χ2v) is 3.70. The van der Waals surface area contributed by atoms with Crippen molar-refractivity contribution in [1.82, 2.24) is 5.32 Å². The van der Waals surface area contributed by atoms with E-state index in [0.29, 0.717) is 6.42 Å². The molecule has 1 atom stereocenters. The van der Waals surface area contributed by atoms with E-state index >= 15 is 0 Å². The van der Waals surface area contributed by atoms with Crippen molar-refractivity contribution >= 4 is 11.9 Å². The van der Waals surface area contributed by atoms with E-state index in [4.69, 9.17) is 9.84 Å². The van der Waals surface area contributed by atoms with Crippen LogP contribution in [0.3, 0.4) is 0 Å². The second kappa shape index (κ2) is 7.84. The van der Waals surface area contributed by atoms with Crippen molar-refractivity contribution in [2.45, 2.75) is 26.2 Å². The zero-order valence-corrected chi connectivity index (χ0v) is 10.5. The van der Waals surface area contributed by atoms with Crippen LogP contribution >= 0.6 is 0 Å². The maximum atomic E-state index is 11.9. The molecule has 0 unspecified atom stereocenters. The third-order valence-corrected chi connectivity index (χ3v) is 2.58. The molecule has 0 aliphatic rings. The molecule has 2 N–H and O–H groups in total. The number of ether oxygens (including phenoxy) is 1. The fraction of sp³-hybridized carbons (Fsp3) is 0.667. The quantitative estimate of drug-likeness (QED) is 0.372. The lowest BCUT2D eigenvalue weighted by molar-refractivity contribution is -0.161. The van der Waals surface area contributed by atoms with E-state index in [1.807, 2.05) is 0 Å². The molecule has 0 spiro atoms. The maximum absolute atomic E-state index is 11.9. The van der Waals surface area contributed by atoms with Gasteiger partial charge in [-0.05, 0) is 26.2 Å². The van der Waals surface area contributed by atoms with E-state index < -0.39 is 17.3 Å². The Morgan fingerprint density at radius 3 is 2.59 bits per heavy atom. The van der Waals surface area contributed by atoms with Gasteiger partial charge >= 0.3 is 5.97 Å². The average Bonchev–Trinajstić information content (AvgIpc) is 2.33. The summed E-state index contributed by atoms with van der Waals surface area (Å²) in [6.07, 6.45) is 2.32. The van der Waals surface area contributed by atoms with Crippen molar-refractivity contribution in [1.29, 1.82) is 0 Å². The van der Waals surface area contributed by atoms with Crippen molar-refractivity contribution in [3.05, 3.63) is 12.7 Å². The molecule has 0 saturated heterocycles. The summed E-state index contributed by atoms with van der Waals surface area (Å²) in [5, 5.41) is 11.3. The van der Waals surface area contributed by atoms with Crippen molar-refractivity contribution in [2.24, 2.45) is 5.41 Å². The number of carbonyl (C=O) groups is 2. The lowest BCUT2D eigenvalue weighted by Gasteiger charge is -2.28. The molecular weight excluding hydrogens is 222 g/mol. The highest BCUT2D eigenvalue weighted by Gasteiger charge is 2.45. The van der Waals surface area contributed by atoms with Gasteiger partial charge in [-0.2, -0.15) is 0 Å².